The molecule has 3 aromatic rings. The van der Waals surface area contributed by atoms with Gasteiger partial charge in [-0.2, -0.15) is 0 Å². The zero-order chi connectivity index (χ0) is 21.2. The van der Waals surface area contributed by atoms with Crippen molar-refractivity contribution in [3.63, 3.8) is 0 Å². The van der Waals surface area contributed by atoms with Crippen LogP contribution >= 0.6 is 12.4 Å². The maximum absolute atomic E-state index is 12.7. The van der Waals surface area contributed by atoms with E-state index in [1.807, 2.05) is 17.0 Å². The predicted octanol–water partition coefficient (Wildman–Crippen LogP) is 4.61. The zero-order valence-corrected chi connectivity index (χ0v) is 19.1. The van der Waals surface area contributed by atoms with E-state index >= 15 is 0 Å². The summed E-state index contributed by atoms with van der Waals surface area (Å²) in [6.07, 6.45) is 7.79. The van der Waals surface area contributed by atoms with E-state index in [9.17, 15) is 9.59 Å². The molecule has 0 atom stereocenters. The Morgan fingerprint density at radius 3 is 2.72 bits per heavy atom. The van der Waals surface area contributed by atoms with E-state index in [1.165, 1.54) is 27.6 Å². The molecule has 0 bridgehead atoms. The van der Waals surface area contributed by atoms with Gasteiger partial charge in [-0.1, -0.05) is 18.2 Å². The van der Waals surface area contributed by atoms with Gasteiger partial charge in [0.25, 0.3) is 0 Å². The monoisotopic (exact) mass is 451 g/mol. The van der Waals surface area contributed by atoms with Crippen molar-refractivity contribution < 1.29 is 9.59 Å². The van der Waals surface area contributed by atoms with Crippen molar-refractivity contribution in [2.24, 2.45) is 0 Å². The Morgan fingerprint density at radius 2 is 1.84 bits per heavy atom. The van der Waals surface area contributed by atoms with E-state index < -0.39 is 0 Å². The number of ketones is 1. The van der Waals surface area contributed by atoms with Gasteiger partial charge in [-0.25, -0.2) is 0 Å². The van der Waals surface area contributed by atoms with Gasteiger partial charge in [-0.3, -0.25) is 9.59 Å². The average molecular weight is 452 g/mol. The SMILES string of the molecule is Cl.O=C(CCCCNCCc1c[nH]c2ccccc12)c1cc2c3c(c1)CCN3C(=O)CC2. The summed E-state index contributed by atoms with van der Waals surface area (Å²) in [5.74, 6) is 0.454. The highest BCUT2D eigenvalue weighted by Crippen LogP contribution is 2.37. The quantitative estimate of drug-likeness (QED) is 0.369. The summed E-state index contributed by atoms with van der Waals surface area (Å²) in [6.45, 7) is 2.64. The number of fused-ring (bicyclic) bond motifs is 1. The molecule has 0 fully saturated rings. The molecule has 0 saturated heterocycles. The number of aryl methyl sites for hydroxylation is 1. The third kappa shape index (κ3) is 4.45. The summed E-state index contributed by atoms with van der Waals surface area (Å²) in [4.78, 5) is 30.0. The Morgan fingerprint density at radius 1 is 1.03 bits per heavy atom. The summed E-state index contributed by atoms with van der Waals surface area (Å²) in [5, 5.41) is 4.81. The fourth-order valence-corrected chi connectivity index (χ4v) is 4.99. The van der Waals surface area contributed by atoms with Gasteiger partial charge in [0, 0.05) is 42.0 Å². The summed E-state index contributed by atoms with van der Waals surface area (Å²) in [6, 6.07) is 12.5. The number of benzene rings is 2. The summed E-state index contributed by atoms with van der Waals surface area (Å²) < 4.78 is 0. The Balaban J connectivity index is 0.00000245. The van der Waals surface area contributed by atoms with E-state index in [4.69, 9.17) is 0 Å². The van der Waals surface area contributed by atoms with Gasteiger partial charge >= 0.3 is 0 Å². The zero-order valence-electron chi connectivity index (χ0n) is 18.3. The second-order valence-corrected chi connectivity index (χ2v) is 8.68. The van der Waals surface area contributed by atoms with Crippen LogP contribution in [0.25, 0.3) is 10.9 Å². The molecule has 6 heteroatoms. The topological polar surface area (TPSA) is 65.2 Å². The molecule has 3 heterocycles. The molecular formula is C26H30ClN3O2. The predicted molar refractivity (Wildman–Crippen MR) is 131 cm³/mol. The third-order valence-electron chi connectivity index (χ3n) is 6.63. The van der Waals surface area contributed by atoms with Gasteiger partial charge in [0.15, 0.2) is 5.78 Å². The number of para-hydroxylation sites is 1. The molecule has 2 aromatic carbocycles. The summed E-state index contributed by atoms with van der Waals surface area (Å²) in [7, 11) is 0. The number of unbranched alkanes of at least 4 members (excludes halogenated alkanes) is 1. The van der Waals surface area contributed by atoms with Crippen LogP contribution in [0.4, 0.5) is 5.69 Å². The molecule has 5 nitrogen and oxygen atoms in total. The number of nitrogens with zero attached hydrogens (tertiary/aromatic N) is 1. The van der Waals surface area contributed by atoms with Gasteiger partial charge in [0.1, 0.15) is 0 Å². The number of halogens is 1. The highest BCUT2D eigenvalue weighted by Gasteiger charge is 2.31. The fourth-order valence-electron chi connectivity index (χ4n) is 4.99. The highest BCUT2D eigenvalue weighted by molar-refractivity contribution is 6.02. The standard InChI is InChI=1S/C26H29N3O2.ClH/c30-24(21-15-18-8-9-25(31)29-14-11-19(16-21)26(18)29)7-3-4-12-27-13-10-20-17-28-23-6-2-1-5-22(20)23;/h1-2,5-6,15-17,27-28H,3-4,7-14H2;1H. The van der Waals surface area contributed by atoms with Crippen molar-refractivity contribution in [3.8, 4) is 0 Å². The molecular weight excluding hydrogens is 422 g/mol. The van der Waals surface area contributed by atoms with E-state index in [0.29, 0.717) is 12.8 Å². The van der Waals surface area contributed by atoms with E-state index in [0.717, 1.165) is 63.0 Å². The van der Waals surface area contributed by atoms with Gasteiger partial charge < -0.3 is 15.2 Å². The molecule has 0 aliphatic carbocycles. The first kappa shape index (κ1) is 22.6. The lowest BCUT2D eigenvalue weighted by atomic mass is 9.94. The van der Waals surface area contributed by atoms with Crippen LogP contribution in [0.1, 0.15) is 52.7 Å². The minimum Gasteiger partial charge on any atom is -0.361 e. The normalized spacial score (nSPS) is 14.5. The first-order valence-corrected chi connectivity index (χ1v) is 11.5. The number of hydrogen-bond donors (Lipinski definition) is 2. The van der Waals surface area contributed by atoms with Gasteiger partial charge in [-0.15, -0.1) is 12.4 Å². The van der Waals surface area contributed by atoms with Crippen LogP contribution in [0.5, 0.6) is 0 Å². The van der Waals surface area contributed by atoms with E-state index in [-0.39, 0.29) is 24.1 Å². The van der Waals surface area contributed by atoms with Gasteiger partial charge in [0.05, 0.1) is 5.69 Å². The first-order valence-electron chi connectivity index (χ1n) is 11.5. The number of carbonyl (C=O) groups is 2. The molecule has 0 unspecified atom stereocenters. The van der Waals surface area contributed by atoms with Crippen molar-refractivity contribution in [3.05, 3.63) is 64.8 Å². The second kappa shape index (κ2) is 9.88. The number of amides is 1. The molecule has 2 N–H and O–H groups in total. The Bertz CT molecular complexity index is 1140. The van der Waals surface area contributed by atoms with Crippen LogP contribution in [0.15, 0.2) is 42.6 Å². The van der Waals surface area contributed by atoms with E-state index in [2.05, 4.69) is 40.8 Å². The van der Waals surface area contributed by atoms with Gasteiger partial charge in [0.2, 0.25) is 5.91 Å². The fraction of sp³-hybridized carbons (Fsp3) is 0.385. The highest BCUT2D eigenvalue weighted by atomic mass is 35.5. The maximum atomic E-state index is 12.7. The Labute approximate surface area is 195 Å². The lowest BCUT2D eigenvalue weighted by Crippen LogP contribution is -2.32. The number of Topliss-reactive ketones (excluding diaryl/α,β-unsaturated/α-hetero) is 1. The largest absolute Gasteiger partial charge is 0.361 e. The molecule has 0 spiro atoms. The minimum atomic E-state index is 0. The summed E-state index contributed by atoms with van der Waals surface area (Å²) in [5.41, 5.74) is 6.81. The van der Waals surface area contributed by atoms with Crippen molar-refractivity contribution in [2.45, 2.75) is 44.9 Å². The molecule has 2 aliphatic rings. The third-order valence-corrected chi connectivity index (χ3v) is 6.63. The van der Waals surface area contributed by atoms with Crippen LogP contribution in [0.2, 0.25) is 0 Å². The van der Waals surface area contributed by atoms with Crippen molar-refractivity contribution in [2.75, 3.05) is 24.5 Å². The molecule has 1 aromatic heterocycles. The molecule has 0 saturated carbocycles. The molecule has 1 amide bonds. The van der Waals surface area contributed by atoms with Crippen LogP contribution in [0.3, 0.4) is 0 Å². The minimum absolute atomic E-state index is 0. The number of aromatic nitrogens is 1. The summed E-state index contributed by atoms with van der Waals surface area (Å²) >= 11 is 0. The smallest absolute Gasteiger partial charge is 0.227 e. The Kier molecular flexibility index (Phi) is 6.97. The van der Waals surface area contributed by atoms with Gasteiger partial charge in [-0.05, 0) is 80.1 Å². The van der Waals surface area contributed by atoms with Crippen molar-refractivity contribution >= 4 is 40.7 Å². The number of rotatable bonds is 9. The lowest BCUT2D eigenvalue weighted by Gasteiger charge is -2.25. The molecule has 5 rings (SSSR count). The van der Waals surface area contributed by atoms with Crippen LogP contribution in [-0.2, 0) is 24.1 Å². The van der Waals surface area contributed by atoms with Crippen LogP contribution in [0, 0.1) is 0 Å². The number of H-pyrrole nitrogens is 1. The number of aromatic amines is 1. The number of hydrogen-bond acceptors (Lipinski definition) is 3. The maximum Gasteiger partial charge on any atom is 0.227 e. The number of anilines is 1. The van der Waals surface area contributed by atoms with Crippen molar-refractivity contribution in [1.82, 2.24) is 10.3 Å². The molecule has 2 aliphatic heterocycles. The van der Waals surface area contributed by atoms with Crippen molar-refractivity contribution in [1.29, 1.82) is 0 Å². The average Bonchev–Trinajstić information content (AvgIpc) is 3.41. The number of carbonyl (C=O) groups excluding carboxylic acids is 2. The van der Waals surface area contributed by atoms with Crippen LogP contribution in [-0.4, -0.2) is 36.3 Å². The molecule has 168 valence electrons. The lowest BCUT2D eigenvalue weighted by molar-refractivity contribution is -0.118. The molecule has 0 radical (unpaired) electrons. The van der Waals surface area contributed by atoms with Crippen LogP contribution < -0.4 is 10.2 Å². The second-order valence-electron chi connectivity index (χ2n) is 8.68. The molecule has 32 heavy (non-hydrogen) atoms. The Hall–Kier alpha value is -2.63. The first-order chi connectivity index (χ1) is 15.2. The van der Waals surface area contributed by atoms with E-state index in [1.54, 1.807) is 0 Å². The number of nitrogens with one attached hydrogen (secondary N) is 2.